The van der Waals surface area contributed by atoms with Gasteiger partial charge in [-0.15, -0.1) is 0 Å². The van der Waals surface area contributed by atoms with Gasteiger partial charge in [0.05, 0.1) is 13.0 Å². The third-order valence-corrected chi connectivity index (χ3v) is 4.42. The Bertz CT molecular complexity index is 579. The zero-order valence-corrected chi connectivity index (χ0v) is 19.3. The van der Waals surface area contributed by atoms with Gasteiger partial charge in [-0.2, -0.15) is 0 Å². The summed E-state index contributed by atoms with van der Waals surface area (Å²) in [6, 6.07) is 4.65. The van der Waals surface area contributed by atoms with E-state index in [1.54, 1.807) is 59.7 Å². The Morgan fingerprint density at radius 2 is 0.750 bits per heavy atom. The highest BCUT2D eigenvalue weighted by Gasteiger charge is 2.32. The minimum atomic E-state index is -0.789. The molecular weight excluding hydrogens is 504 g/mol. The molecule has 0 unspecified atom stereocenters. The molecule has 0 aromatic heterocycles. The number of Topliss-reactive ketones (excluding diaryl/α,β-unsaturated/α-hetero) is 3. The molecule has 3 nitrogen and oxygen atoms in total. The molecule has 0 heterocycles. The van der Waals surface area contributed by atoms with Crippen molar-refractivity contribution < 1.29 is 14.4 Å². The number of carbonyl (C=O) groups is 3. The molecule has 1 aromatic rings. The lowest BCUT2D eigenvalue weighted by Crippen LogP contribution is -2.29. The molecule has 0 saturated carbocycles. The molecule has 0 fully saturated rings. The summed E-state index contributed by atoms with van der Waals surface area (Å²) in [7, 11) is 0. The van der Waals surface area contributed by atoms with Gasteiger partial charge in [0.1, 0.15) is 0 Å². The van der Waals surface area contributed by atoms with Crippen LogP contribution in [0.25, 0.3) is 0 Å². The van der Waals surface area contributed by atoms with Crippen LogP contribution in [0.4, 0.5) is 0 Å². The Morgan fingerprint density at radius 1 is 0.583 bits per heavy atom. The first kappa shape index (κ1) is 21.7. The summed E-state index contributed by atoms with van der Waals surface area (Å²) >= 11 is 10.0. The molecule has 6 heteroatoms. The predicted octanol–water partition coefficient (Wildman–Crippen LogP) is 5.76. The van der Waals surface area contributed by atoms with Crippen molar-refractivity contribution in [2.75, 3.05) is 0 Å². The maximum absolute atomic E-state index is 12.6. The Morgan fingerprint density at radius 3 is 0.875 bits per heavy atom. The zero-order valence-electron chi connectivity index (χ0n) is 14.6. The highest BCUT2D eigenvalue weighted by molar-refractivity contribution is 9.10. The van der Waals surface area contributed by atoms with Crippen LogP contribution in [0.15, 0.2) is 18.2 Å². The van der Waals surface area contributed by atoms with E-state index in [1.807, 2.05) is 0 Å². The van der Waals surface area contributed by atoms with Gasteiger partial charge < -0.3 is 0 Å². The maximum atomic E-state index is 12.6. The Kier molecular flexibility index (Phi) is 6.44. The predicted molar refractivity (Wildman–Crippen MR) is 108 cm³/mol. The SMILES string of the molecule is CC(C)(Br)C(=O)c1cc(C(=O)C(C)(C)Br)cc(C(=O)C(C)(C)Br)c1. The molecular formula is C18H21Br3O3. The largest absolute Gasteiger partial charge is 0.293 e. The molecule has 0 aliphatic carbocycles. The van der Waals surface area contributed by atoms with Crippen molar-refractivity contribution in [3.05, 3.63) is 34.9 Å². The molecule has 0 spiro atoms. The third-order valence-electron chi connectivity index (χ3n) is 3.34. The van der Waals surface area contributed by atoms with Crippen LogP contribution >= 0.6 is 47.8 Å². The van der Waals surface area contributed by atoms with Gasteiger partial charge in [0, 0.05) is 16.7 Å². The standard InChI is InChI=1S/C18H21Br3O3/c1-16(2,19)13(22)10-7-11(14(23)17(3,4)20)9-12(8-10)15(24)18(5,6)21/h7-9H,1-6H3. The number of alkyl halides is 3. The average molecular weight is 525 g/mol. The van der Waals surface area contributed by atoms with Crippen LogP contribution in [0.2, 0.25) is 0 Å². The van der Waals surface area contributed by atoms with E-state index in [2.05, 4.69) is 47.8 Å². The van der Waals surface area contributed by atoms with Crippen LogP contribution in [-0.2, 0) is 0 Å². The first-order valence-corrected chi connectivity index (χ1v) is 9.79. The van der Waals surface area contributed by atoms with E-state index < -0.39 is 13.0 Å². The second-order valence-corrected chi connectivity index (χ2v) is 13.2. The lowest BCUT2D eigenvalue weighted by Gasteiger charge is -2.20. The normalized spacial score (nSPS) is 12.9. The number of carbonyl (C=O) groups excluding carboxylic acids is 3. The van der Waals surface area contributed by atoms with Gasteiger partial charge in [0.25, 0.3) is 0 Å². The van der Waals surface area contributed by atoms with Crippen molar-refractivity contribution in [3.63, 3.8) is 0 Å². The fraction of sp³-hybridized carbons (Fsp3) is 0.500. The lowest BCUT2D eigenvalue weighted by atomic mass is 9.90. The van der Waals surface area contributed by atoms with Gasteiger partial charge in [0.2, 0.25) is 0 Å². The topological polar surface area (TPSA) is 51.2 Å². The molecule has 0 bridgehead atoms. The minimum absolute atomic E-state index is 0.189. The lowest BCUT2D eigenvalue weighted by molar-refractivity contribution is 0.0960. The van der Waals surface area contributed by atoms with E-state index >= 15 is 0 Å². The van der Waals surface area contributed by atoms with E-state index in [9.17, 15) is 14.4 Å². The maximum Gasteiger partial charge on any atom is 0.179 e. The molecule has 0 N–H and O–H groups in total. The number of benzene rings is 1. The van der Waals surface area contributed by atoms with Crippen molar-refractivity contribution in [3.8, 4) is 0 Å². The molecule has 24 heavy (non-hydrogen) atoms. The first-order chi connectivity index (χ1) is 10.5. The molecule has 0 amide bonds. The van der Waals surface area contributed by atoms with Gasteiger partial charge in [-0.3, -0.25) is 14.4 Å². The Labute approximate surface area is 168 Å². The van der Waals surface area contributed by atoms with Crippen LogP contribution in [0, 0.1) is 0 Å². The fourth-order valence-corrected chi connectivity index (χ4v) is 2.74. The molecule has 1 aromatic carbocycles. The van der Waals surface area contributed by atoms with E-state index in [1.165, 1.54) is 0 Å². The van der Waals surface area contributed by atoms with Gasteiger partial charge in [-0.25, -0.2) is 0 Å². The Balaban J connectivity index is 3.60. The van der Waals surface area contributed by atoms with E-state index in [0.717, 1.165) is 0 Å². The zero-order chi connectivity index (χ0) is 19.1. The molecule has 0 aliphatic heterocycles. The summed E-state index contributed by atoms with van der Waals surface area (Å²) < 4.78 is -2.37. The van der Waals surface area contributed by atoms with Crippen LogP contribution < -0.4 is 0 Å². The van der Waals surface area contributed by atoms with Crippen LogP contribution in [-0.4, -0.2) is 30.3 Å². The number of hydrogen-bond donors (Lipinski definition) is 0. The van der Waals surface area contributed by atoms with Gasteiger partial charge in [0.15, 0.2) is 17.3 Å². The third kappa shape index (κ3) is 5.33. The first-order valence-electron chi connectivity index (χ1n) is 7.41. The fourth-order valence-electron chi connectivity index (χ4n) is 2.05. The van der Waals surface area contributed by atoms with E-state index in [4.69, 9.17) is 0 Å². The monoisotopic (exact) mass is 522 g/mol. The number of halogens is 3. The van der Waals surface area contributed by atoms with E-state index in [-0.39, 0.29) is 17.3 Å². The van der Waals surface area contributed by atoms with E-state index in [0.29, 0.717) is 16.7 Å². The summed E-state index contributed by atoms with van der Waals surface area (Å²) in [4.78, 5) is 37.9. The second-order valence-electron chi connectivity index (χ2n) is 7.20. The van der Waals surface area contributed by atoms with Gasteiger partial charge >= 0.3 is 0 Å². The summed E-state index contributed by atoms with van der Waals surface area (Å²) in [6.45, 7) is 10.4. The quantitative estimate of drug-likeness (QED) is 0.351. The average Bonchev–Trinajstić information content (AvgIpc) is 2.41. The van der Waals surface area contributed by atoms with Crippen LogP contribution in [0.3, 0.4) is 0 Å². The van der Waals surface area contributed by atoms with Crippen molar-refractivity contribution in [1.29, 1.82) is 0 Å². The summed E-state index contributed by atoms with van der Waals surface area (Å²) in [5, 5.41) is 0. The number of hydrogen-bond acceptors (Lipinski definition) is 3. The highest BCUT2D eigenvalue weighted by Crippen LogP contribution is 2.29. The van der Waals surface area contributed by atoms with Gasteiger partial charge in [-0.05, 0) is 59.7 Å². The summed E-state index contributed by atoms with van der Waals surface area (Å²) in [6.07, 6.45) is 0. The van der Waals surface area contributed by atoms with Crippen LogP contribution in [0.1, 0.15) is 72.6 Å². The minimum Gasteiger partial charge on any atom is -0.293 e. The summed E-state index contributed by atoms with van der Waals surface area (Å²) in [5.74, 6) is -0.567. The molecule has 0 radical (unpaired) electrons. The van der Waals surface area contributed by atoms with Crippen LogP contribution in [0.5, 0.6) is 0 Å². The number of rotatable bonds is 6. The van der Waals surface area contributed by atoms with Crippen molar-refractivity contribution >= 4 is 65.1 Å². The Hall–Kier alpha value is -0.330. The molecule has 0 aliphatic rings. The van der Waals surface area contributed by atoms with Gasteiger partial charge in [-0.1, -0.05) is 47.8 Å². The molecule has 132 valence electrons. The summed E-state index contributed by atoms with van der Waals surface area (Å²) in [5.41, 5.74) is 0.999. The molecule has 1 rings (SSSR count). The van der Waals surface area contributed by atoms with Crippen molar-refractivity contribution in [1.82, 2.24) is 0 Å². The molecule has 0 atom stereocenters. The second kappa shape index (κ2) is 7.12. The molecule has 0 saturated heterocycles. The number of ketones is 3. The highest BCUT2D eigenvalue weighted by atomic mass is 79.9. The smallest absolute Gasteiger partial charge is 0.179 e. The van der Waals surface area contributed by atoms with Crippen molar-refractivity contribution in [2.45, 2.75) is 54.5 Å². The van der Waals surface area contributed by atoms with Crippen molar-refractivity contribution in [2.24, 2.45) is 0 Å².